The average molecular weight is 244 g/mol. The Hall–Kier alpha value is -2.30. The number of amides is 1. The van der Waals surface area contributed by atoms with Gasteiger partial charge in [0.1, 0.15) is 5.69 Å². The van der Waals surface area contributed by atoms with Crippen LogP contribution in [0.2, 0.25) is 0 Å². The minimum atomic E-state index is -0.181. The van der Waals surface area contributed by atoms with Crippen LogP contribution in [0.5, 0.6) is 0 Å². The lowest BCUT2D eigenvalue weighted by Gasteiger charge is -2.07. The molecule has 2 aromatic rings. The minimum absolute atomic E-state index is 0.181. The fourth-order valence-electron chi connectivity index (χ4n) is 1.75. The van der Waals surface area contributed by atoms with Gasteiger partial charge in [-0.05, 0) is 24.1 Å². The summed E-state index contributed by atoms with van der Waals surface area (Å²) in [4.78, 5) is 18.9. The first-order valence-corrected chi connectivity index (χ1v) is 5.85. The van der Waals surface area contributed by atoms with Gasteiger partial charge in [-0.25, -0.2) is 0 Å². The van der Waals surface area contributed by atoms with Gasteiger partial charge in [0.15, 0.2) is 0 Å². The first-order chi connectivity index (χ1) is 8.70. The predicted molar refractivity (Wildman–Crippen MR) is 70.0 cm³/mol. The van der Waals surface area contributed by atoms with Crippen molar-refractivity contribution in [2.75, 3.05) is 5.73 Å². The molecule has 5 nitrogen and oxygen atoms in total. The van der Waals surface area contributed by atoms with Crippen molar-refractivity contribution in [3.8, 4) is 0 Å². The molecule has 1 amide bonds. The molecule has 5 heteroatoms. The summed E-state index contributed by atoms with van der Waals surface area (Å²) in [6, 6.07) is 5.52. The third-order valence-electron chi connectivity index (χ3n) is 2.73. The molecule has 0 aliphatic rings. The Morgan fingerprint density at radius 3 is 3.06 bits per heavy atom. The summed E-state index contributed by atoms with van der Waals surface area (Å²) < 4.78 is 0. The van der Waals surface area contributed by atoms with Gasteiger partial charge in [-0.3, -0.25) is 9.78 Å². The van der Waals surface area contributed by atoms with Crippen molar-refractivity contribution >= 4 is 11.6 Å². The predicted octanol–water partition coefficient (Wildman–Crippen LogP) is 1.48. The number of rotatable bonds is 4. The van der Waals surface area contributed by atoms with Crippen LogP contribution in [0.3, 0.4) is 0 Å². The second-order valence-electron chi connectivity index (χ2n) is 3.99. The summed E-state index contributed by atoms with van der Waals surface area (Å²) in [5, 5.41) is 2.82. The zero-order chi connectivity index (χ0) is 13.0. The normalized spacial score (nSPS) is 10.3. The largest absolute Gasteiger partial charge is 0.397 e. The highest BCUT2D eigenvalue weighted by Gasteiger charge is 2.08. The van der Waals surface area contributed by atoms with Crippen molar-refractivity contribution in [3.05, 3.63) is 47.5 Å². The maximum atomic E-state index is 11.8. The number of nitrogen functional groups attached to an aromatic ring is 1. The summed E-state index contributed by atoms with van der Waals surface area (Å²) in [7, 11) is 0. The van der Waals surface area contributed by atoms with Gasteiger partial charge < -0.3 is 16.0 Å². The second-order valence-corrected chi connectivity index (χ2v) is 3.99. The number of nitrogens with one attached hydrogen (secondary N) is 2. The molecule has 0 atom stereocenters. The van der Waals surface area contributed by atoms with Gasteiger partial charge in [0.25, 0.3) is 5.91 Å². The number of H-pyrrole nitrogens is 1. The van der Waals surface area contributed by atoms with E-state index in [-0.39, 0.29) is 5.91 Å². The van der Waals surface area contributed by atoms with E-state index in [4.69, 9.17) is 5.73 Å². The van der Waals surface area contributed by atoms with Crippen LogP contribution in [0.25, 0.3) is 0 Å². The van der Waals surface area contributed by atoms with Crippen LogP contribution in [-0.2, 0) is 13.0 Å². The molecule has 0 bridgehead atoms. The average Bonchev–Trinajstić information content (AvgIpc) is 2.83. The number of pyridine rings is 1. The monoisotopic (exact) mass is 244 g/mol. The maximum absolute atomic E-state index is 11.8. The number of anilines is 1. The standard InChI is InChI=1S/C13H16N4O/c1-2-9-4-3-5-15-12(9)8-17-13(18)11-6-10(14)7-16-11/h3-7,16H,2,8,14H2,1H3,(H,17,18). The summed E-state index contributed by atoms with van der Waals surface area (Å²) in [6.45, 7) is 2.48. The summed E-state index contributed by atoms with van der Waals surface area (Å²) in [6.07, 6.45) is 4.22. The van der Waals surface area contributed by atoms with E-state index in [1.165, 1.54) is 0 Å². The molecule has 18 heavy (non-hydrogen) atoms. The van der Waals surface area contributed by atoms with Crippen LogP contribution in [0.1, 0.15) is 28.7 Å². The molecule has 0 radical (unpaired) electrons. The van der Waals surface area contributed by atoms with Gasteiger partial charge in [0, 0.05) is 18.1 Å². The van der Waals surface area contributed by atoms with E-state index in [2.05, 4.69) is 22.2 Å². The zero-order valence-corrected chi connectivity index (χ0v) is 10.2. The summed E-state index contributed by atoms with van der Waals surface area (Å²) >= 11 is 0. The molecule has 94 valence electrons. The molecule has 0 spiro atoms. The zero-order valence-electron chi connectivity index (χ0n) is 10.2. The van der Waals surface area contributed by atoms with Gasteiger partial charge in [-0.1, -0.05) is 13.0 Å². The van der Waals surface area contributed by atoms with Gasteiger partial charge in [0.2, 0.25) is 0 Å². The first-order valence-electron chi connectivity index (χ1n) is 5.85. The van der Waals surface area contributed by atoms with E-state index in [0.717, 1.165) is 17.7 Å². The van der Waals surface area contributed by atoms with Crippen LogP contribution in [0, 0.1) is 0 Å². The van der Waals surface area contributed by atoms with E-state index in [1.54, 1.807) is 18.5 Å². The van der Waals surface area contributed by atoms with E-state index < -0.39 is 0 Å². The molecule has 0 saturated carbocycles. The maximum Gasteiger partial charge on any atom is 0.268 e. The molecule has 0 saturated heterocycles. The Labute approximate surface area is 105 Å². The van der Waals surface area contributed by atoms with Crippen LogP contribution in [-0.4, -0.2) is 15.9 Å². The molecule has 0 unspecified atom stereocenters. The molecule has 4 N–H and O–H groups in total. The van der Waals surface area contributed by atoms with Gasteiger partial charge >= 0.3 is 0 Å². The van der Waals surface area contributed by atoms with Crippen LogP contribution >= 0.6 is 0 Å². The quantitative estimate of drug-likeness (QED) is 0.761. The lowest BCUT2D eigenvalue weighted by atomic mass is 10.1. The highest BCUT2D eigenvalue weighted by molar-refractivity contribution is 5.93. The number of aromatic amines is 1. The van der Waals surface area contributed by atoms with E-state index in [9.17, 15) is 4.79 Å². The minimum Gasteiger partial charge on any atom is -0.397 e. The van der Waals surface area contributed by atoms with E-state index in [1.807, 2.05) is 12.1 Å². The lowest BCUT2D eigenvalue weighted by molar-refractivity contribution is 0.0946. The Bertz CT molecular complexity index is 547. The number of aryl methyl sites for hydroxylation is 1. The summed E-state index contributed by atoms with van der Waals surface area (Å²) in [5.41, 5.74) is 8.59. The molecule has 2 rings (SSSR count). The SMILES string of the molecule is CCc1cccnc1CNC(=O)c1cc(N)c[nH]1. The first kappa shape index (κ1) is 12.2. The molecule has 0 aromatic carbocycles. The third kappa shape index (κ3) is 2.68. The molecular weight excluding hydrogens is 228 g/mol. The van der Waals surface area contributed by atoms with Crippen molar-refractivity contribution in [2.45, 2.75) is 19.9 Å². The van der Waals surface area contributed by atoms with Crippen LogP contribution in [0.15, 0.2) is 30.6 Å². The van der Waals surface area contributed by atoms with Gasteiger partial charge in [-0.2, -0.15) is 0 Å². The smallest absolute Gasteiger partial charge is 0.268 e. The topological polar surface area (TPSA) is 83.8 Å². The summed E-state index contributed by atoms with van der Waals surface area (Å²) in [5.74, 6) is -0.181. The number of aromatic nitrogens is 2. The number of carbonyl (C=O) groups is 1. The lowest BCUT2D eigenvalue weighted by Crippen LogP contribution is -2.24. The number of nitrogens with zero attached hydrogens (tertiary/aromatic N) is 1. The molecule has 0 aliphatic carbocycles. The van der Waals surface area contributed by atoms with Crippen molar-refractivity contribution < 1.29 is 4.79 Å². The Morgan fingerprint density at radius 2 is 2.39 bits per heavy atom. The van der Waals surface area contributed by atoms with Crippen molar-refractivity contribution in [2.24, 2.45) is 0 Å². The molecule has 2 aromatic heterocycles. The van der Waals surface area contributed by atoms with E-state index >= 15 is 0 Å². The number of hydrogen-bond acceptors (Lipinski definition) is 3. The number of hydrogen-bond donors (Lipinski definition) is 3. The molecule has 0 fully saturated rings. The van der Waals surface area contributed by atoms with E-state index in [0.29, 0.717) is 17.9 Å². The molecule has 2 heterocycles. The Kier molecular flexibility index (Phi) is 3.62. The highest BCUT2D eigenvalue weighted by Crippen LogP contribution is 2.07. The molecular formula is C13H16N4O. The van der Waals surface area contributed by atoms with Crippen LogP contribution in [0.4, 0.5) is 5.69 Å². The number of nitrogens with two attached hydrogens (primary N) is 1. The van der Waals surface area contributed by atoms with Crippen LogP contribution < -0.4 is 11.1 Å². The van der Waals surface area contributed by atoms with Gasteiger partial charge in [0.05, 0.1) is 12.2 Å². The van der Waals surface area contributed by atoms with Crippen molar-refractivity contribution in [1.82, 2.24) is 15.3 Å². The Balaban J connectivity index is 2.01. The highest BCUT2D eigenvalue weighted by atomic mass is 16.1. The number of carbonyl (C=O) groups excluding carboxylic acids is 1. The fourth-order valence-corrected chi connectivity index (χ4v) is 1.75. The Morgan fingerprint density at radius 1 is 1.56 bits per heavy atom. The fraction of sp³-hybridized carbons (Fsp3) is 0.231. The van der Waals surface area contributed by atoms with Gasteiger partial charge in [-0.15, -0.1) is 0 Å². The second kappa shape index (κ2) is 5.35. The van der Waals surface area contributed by atoms with Crippen molar-refractivity contribution in [3.63, 3.8) is 0 Å². The third-order valence-corrected chi connectivity index (χ3v) is 2.73. The molecule has 0 aliphatic heterocycles. The van der Waals surface area contributed by atoms with Crippen molar-refractivity contribution in [1.29, 1.82) is 0 Å².